The molecule has 14 heavy (non-hydrogen) atoms. The van der Waals surface area contributed by atoms with Gasteiger partial charge < -0.3 is 5.53 Å². The Labute approximate surface area is 82.3 Å². The lowest BCUT2D eigenvalue weighted by Gasteiger charge is -2.23. The number of allylic oxidation sites excluding steroid dienone is 3. The molecule has 0 saturated carbocycles. The molecule has 0 aromatic carbocycles. The SMILES string of the molecule is CC[N+](O)(O)C1=CCC(=[N+]=[N-])C=C1C. The molecule has 0 aromatic rings. The summed E-state index contributed by atoms with van der Waals surface area (Å²) < 4.78 is 0. The summed E-state index contributed by atoms with van der Waals surface area (Å²) in [6.45, 7) is 3.58. The van der Waals surface area contributed by atoms with Crippen molar-refractivity contribution < 1.29 is 20.0 Å². The minimum absolute atomic E-state index is 0.169. The van der Waals surface area contributed by atoms with E-state index in [1.807, 2.05) is 0 Å². The Morgan fingerprint density at radius 1 is 1.57 bits per heavy atom. The molecule has 2 N–H and O–H groups in total. The monoisotopic (exact) mass is 196 g/mol. The standard InChI is InChI=1S/C9H14N3O2/c1-3-12(13,14)9-5-4-8(11-10)6-7(9)2/h5-6,13-14H,3-4H2,1-2H3/q+1. The van der Waals surface area contributed by atoms with Crippen LogP contribution in [0.1, 0.15) is 20.3 Å². The van der Waals surface area contributed by atoms with E-state index in [2.05, 4.69) is 4.79 Å². The maximum Gasteiger partial charge on any atom is 0.296 e. The van der Waals surface area contributed by atoms with Gasteiger partial charge in [-0.05, 0) is 24.7 Å². The molecule has 0 saturated heterocycles. The average Bonchev–Trinajstić information content (AvgIpc) is 2.17. The maximum absolute atomic E-state index is 9.56. The van der Waals surface area contributed by atoms with Crippen molar-refractivity contribution >= 4 is 5.71 Å². The lowest BCUT2D eigenvalue weighted by Crippen LogP contribution is -2.41. The van der Waals surface area contributed by atoms with Gasteiger partial charge in [0.15, 0.2) is 5.70 Å². The molecule has 0 aromatic heterocycles. The zero-order chi connectivity index (χ0) is 10.8. The molecular weight excluding hydrogens is 182 g/mol. The number of hydroxylamine groups is 4. The molecule has 76 valence electrons. The molecule has 0 heterocycles. The second kappa shape index (κ2) is 3.86. The Hall–Kier alpha value is -1.26. The lowest BCUT2D eigenvalue weighted by molar-refractivity contribution is -1.22. The van der Waals surface area contributed by atoms with Gasteiger partial charge in [0.25, 0.3) is 5.71 Å². The van der Waals surface area contributed by atoms with E-state index in [0.717, 1.165) is 0 Å². The predicted molar refractivity (Wildman–Crippen MR) is 49.5 cm³/mol. The highest BCUT2D eigenvalue weighted by Crippen LogP contribution is 2.23. The molecule has 1 aliphatic rings. The quantitative estimate of drug-likeness (QED) is 0.304. The van der Waals surface area contributed by atoms with Gasteiger partial charge in [0, 0.05) is 11.6 Å². The fraction of sp³-hybridized carbons (Fsp3) is 0.444. The Bertz CT molecular complexity index is 349. The Balaban J connectivity index is 3.02. The fourth-order valence-electron chi connectivity index (χ4n) is 1.41. The number of quaternary nitrogens is 1. The first kappa shape index (κ1) is 10.8. The zero-order valence-corrected chi connectivity index (χ0v) is 8.30. The summed E-state index contributed by atoms with van der Waals surface area (Å²) >= 11 is 0. The van der Waals surface area contributed by atoms with Gasteiger partial charge in [-0.1, -0.05) is 0 Å². The summed E-state index contributed by atoms with van der Waals surface area (Å²) in [5.74, 6) is 0. The number of rotatable bonds is 2. The van der Waals surface area contributed by atoms with E-state index >= 15 is 0 Å². The van der Waals surface area contributed by atoms with E-state index in [1.165, 1.54) is 0 Å². The second-order valence-corrected chi connectivity index (χ2v) is 3.26. The molecule has 0 aliphatic heterocycles. The Kier molecular flexibility index (Phi) is 2.98. The van der Waals surface area contributed by atoms with Crippen molar-refractivity contribution in [1.29, 1.82) is 0 Å². The largest absolute Gasteiger partial charge is 0.361 e. The minimum Gasteiger partial charge on any atom is -0.361 e. The molecule has 0 fully saturated rings. The Morgan fingerprint density at radius 3 is 2.64 bits per heavy atom. The van der Waals surface area contributed by atoms with Gasteiger partial charge in [0.2, 0.25) is 0 Å². The summed E-state index contributed by atoms with van der Waals surface area (Å²) in [4.78, 5) is 1.94. The predicted octanol–water partition coefficient (Wildman–Crippen LogP) is 1.51. The molecule has 0 unspecified atom stereocenters. The summed E-state index contributed by atoms with van der Waals surface area (Å²) in [6.07, 6.45) is 3.68. The summed E-state index contributed by atoms with van der Waals surface area (Å²) in [7, 11) is 0. The van der Waals surface area contributed by atoms with Gasteiger partial charge in [0.05, 0.1) is 6.42 Å². The van der Waals surface area contributed by atoms with E-state index in [0.29, 0.717) is 23.4 Å². The van der Waals surface area contributed by atoms with Crippen LogP contribution in [-0.2, 0) is 0 Å². The first-order chi connectivity index (χ1) is 6.51. The van der Waals surface area contributed by atoms with Gasteiger partial charge >= 0.3 is 0 Å². The van der Waals surface area contributed by atoms with Crippen LogP contribution in [0.4, 0.5) is 0 Å². The van der Waals surface area contributed by atoms with Crippen LogP contribution in [0, 0.1) is 0 Å². The van der Waals surface area contributed by atoms with E-state index in [9.17, 15) is 10.4 Å². The van der Waals surface area contributed by atoms with Crippen LogP contribution in [0.25, 0.3) is 5.53 Å². The van der Waals surface area contributed by atoms with Crippen molar-refractivity contribution in [2.75, 3.05) is 6.54 Å². The van der Waals surface area contributed by atoms with Crippen LogP contribution in [0.3, 0.4) is 0 Å². The number of hydrogen-bond acceptors (Lipinski definition) is 2. The molecule has 1 rings (SSSR count). The molecule has 5 nitrogen and oxygen atoms in total. The van der Waals surface area contributed by atoms with Crippen molar-refractivity contribution in [3.63, 3.8) is 0 Å². The van der Waals surface area contributed by atoms with Crippen LogP contribution in [0.2, 0.25) is 0 Å². The van der Waals surface area contributed by atoms with Crippen molar-refractivity contribution in [2.24, 2.45) is 0 Å². The fourth-order valence-corrected chi connectivity index (χ4v) is 1.41. The van der Waals surface area contributed by atoms with Gasteiger partial charge in [-0.15, -0.1) is 0 Å². The van der Waals surface area contributed by atoms with E-state index in [1.54, 1.807) is 26.0 Å². The number of hydrogen-bond donors (Lipinski definition) is 2. The van der Waals surface area contributed by atoms with E-state index in [4.69, 9.17) is 5.53 Å². The smallest absolute Gasteiger partial charge is 0.296 e. The highest BCUT2D eigenvalue weighted by atomic mass is 16.8. The molecule has 0 atom stereocenters. The summed E-state index contributed by atoms with van der Waals surface area (Å²) in [6, 6.07) is 0. The maximum atomic E-state index is 9.56. The first-order valence-electron chi connectivity index (χ1n) is 4.45. The molecular formula is C9H14N3O2+. The van der Waals surface area contributed by atoms with Crippen LogP contribution >= 0.6 is 0 Å². The summed E-state index contributed by atoms with van der Waals surface area (Å²) in [5, 5.41) is 19.1. The van der Waals surface area contributed by atoms with Crippen molar-refractivity contribution in [2.45, 2.75) is 20.3 Å². The molecule has 0 radical (unpaired) electrons. The average molecular weight is 196 g/mol. The molecule has 0 amide bonds. The van der Waals surface area contributed by atoms with Crippen LogP contribution < -0.4 is 0 Å². The zero-order valence-electron chi connectivity index (χ0n) is 8.30. The lowest BCUT2D eigenvalue weighted by atomic mass is 10.0. The van der Waals surface area contributed by atoms with Gasteiger partial charge in [-0.3, -0.25) is 0 Å². The topological polar surface area (TPSA) is 76.9 Å². The normalized spacial score (nSPS) is 17.3. The Morgan fingerprint density at radius 2 is 2.21 bits per heavy atom. The molecule has 1 aliphatic carbocycles. The molecule has 0 bridgehead atoms. The first-order valence-corrected chi connectivity index (χ1v) is 4.45. The third-order valence-corrected chi connectivity index (χ3v) is 2.25. The third kappa shape index (κ3) is 1.97. The highest BCUT2D eigenvalue weighted by molar-refractivity contribution is 5.93. The highest BCUT2D eigenvalue weighted by Gasteiger charge is 2.32. The van der Waals surface area contributed by atoms with Gasteiger partial charge in [-0.25, -0.2) is 0 Å². The second-order valence-electron chi connectivity index (χ2n) is 3.26. The number of likely N-dealkylation sites (N-methyl/N-ethyl adjacent to an activating group) is 1. The van der Waals surface area contributed by atoms with Crippen molar-refractivity contribution in [1.82, 2.24) is 0 Å². The van der Waals surface area contributed by atoms with Crippen molar-refractivity contribution in [3.8, 4) is 0 Å². The summed E-state index contributed by atoms with van der Waals surface area (Å²) in [5.41, 5.74) is 10.2. The molecule has 0 spiro atoms. The number of nitrogens with zero attached hydrogens (tertiary/aromatic N) is 3. The van der Waals surface area contributed by atoms with E-state index in [-0.39, 0.29) is 6.54 Å². The van der Waals surface area contributed by atoms with Gasteiger partial charge in [-0.2, -0.15) is 15.2 Å². The molecule has 5 heteroatoms. The van der Waals surface area contributed by atoms with Crippen LogP contribution in [-0.4, -0.2) is 32.3 Å². The van der Waals surface area contributed by atoms with Crippen LogP contribution in [0.5, 0.6) is 0 Å². The third-order valence-electron chi connectivity index (χ3n) is 2.25. The van der Waals surface area contributed by atoms with Gasteiger partial charge in [0.1, 0.15) is 6.54 Å². The van der Waals surface area contributed by atoms with Crippen LogP contribution in [0.15, 0.2) is 23.4 Å². The van der Waals surface area contributed by atoms with E-state index < -0.39 is 4.81 Å². The van der Waals surface area contributed by atoms with Crippen molar-refractivity contribution in [3.05, 3.63) is 29.0 Å². The minimum atomic E-state index is -1.12.